The average molecular weight is 223 g/mol. The third kappa shape index (κ3) is 2.85. The molecule has 2 rings (SSSR count). The Balaban J connectivity index is 1.94. The summed E-state index contributed by atoms with van der Waals surface area (Å²) in [6.07, 6.45) is 6.37. The number of rotatable bonds is 3. The number of furan rings is 1. The van der Waals surface area contributed by atoms with Gasteiger partial charge in [0, 0.05) is 0 Å². The molecular weight excluding hydrogens is 206 g/mol. The standard InChI is InChI=1S/C12H17NO3/c14-12(15)10-7-11(16-9-10)8-13-5-3-1-2-4-6-13/h7,9H,1-6,8H2,(H,14,15). The van der Waals surface area contributed by atoms with E-state index in [9.17, 15) is 4.79 Å². The largest absolute Gasteiger partial charge is 0.478 e. The molecule has 4 heteroatoms. The van der Waals surface area contributed by atoms with Crippen molar-refractivity contribution in [1.29, 1.82) is 0 Å². The highest BCUT2D eigenvalue weighted by atomic mass is 16.4. The summed E-state index contributed by atoms with van der Waals surface area (Å²) in [4.78, 5) is 13.0. The van der Waals surface area contributed by atoms with Crippen LogP contribution >= 0.6 is 0 Å². The Bertz CT molecular complexity index is 351. The van der Waals surface area contributed by atoms with Gasteiger partial charge in [0.2, 0.25) is 0 Å². The van der Waals surface area contributed by atoms with E-state index in [1.165, 1.54) is 31.9 Å². The molecule has 0 saturated carbocycles. The van der Waals surface area contributed by atoms with Gasteiger partial charge in [0.25, 0.3) is 0 Å². The zero-order chi connectivity index (χ0) is 11.4. The molecule has 2 heterocycles. The lowest BCUT2D eigenvalue weighted by molar-refractivity contribution is 0.0696. The van der Waals surface area contributed by atoms with Crippen LogP contribution in [0.3, 0.4) is 0 Å². The summed E-state index contributed by atoms with van der Waals surface area (Å²) < 4.78 is 5.25. The third-order valence-corrected chi connectivity index (χ3v) is 2.98. The Morgan fingerprint density at radius 1 is 1.31 bits per heavy atom. The van der Waals surface area contributed by atoms with Crippen molar-refractivity contribution in [2.75, 3.05) is 13.1 Å². The first kappa shape index (κ1) is 11.2. The van der Waals surface area contributed by atoms with E-state index in [1.807, 2.05) is 0 Å². The van der Waals surface area contributed by atoms with Crippen LogP contribution in [0.1, 0.15) is 41.8 Å². The lowest BCUT2D eigenvalue weighted by atomic mass is 10.2. The summed E-state index contributed by atoms with van der Waals surface area (Å²) in [6.45, 7) is 2.90. The number of carboxylic acids is 1. The van der Waals surface area contributed by atoms with Crippen molar-refractivity contribution in [3.63, 3.8) is 0 Å². The van der Waals surface area contributed by atoms with Gasteiger partial charge in [-0.1, -0.05) is 12.8 Å². The van der Waals surface area contributed by atoms with E-state index in [0.29, 0.717) is 0 Å². The Morgan fingerprint density at radius 3 is 2.56 bits per heavy atom. The molecule has 0 aliphatic carbocycles. The predicted molar refractivity (Wildman–Crippen MR) is 59.4 cm³/mol. The lowest BCUT2D eigenvalue weighted by Gasteiger charge is -2.17. The van der Waals surface area contributed by atoms with Crippen LogP contribution in [0.5, 0.6) is 0 Å². The van der Waals surface area contributed by atoms with Gasteiger partial charge in [-0.25, -0.2) is 4.79 Å². The molecule has 1 N–H and O–H groups in total. The predicted octanol–water partition coefficient (Wildman–Crippen LogP) is 2.35. The Labute approximate surface area is 94.9 Å². The highest BCUT2D eigenvalue weighted by Crippen LogP contribution is 2.15. The summed E-state index contributed by atoms with van der Waals surface area (Å²) in [6, 6.07) is 1.62. The summed E-state index contributed by atoms with van der Waals surface area (Å²) in [5, 5.41) is 8.78. The quantitative estimate of drug-likeness (QED) is 0.854. The van der Waals surface area contributed by atoms with E-state index < -0.39 is 5.97 Å². The molecule has 4 nitrogen and oxygen atoms in total. The Morgan fingerprint density at radius 2 is 2.00 bits per heavy atom. The molecule has 1 aromatic rings. The van der Waals surface area contributed by atoms with E-state index in [2.05, 4.69) is 4.90 Å². The van der Waals surface area contributed by atoms with Crippen LogP contribution in [0.15, 0.2) is 16.7 Å². The van der Waals surface area contributed by atoms with E-state index >= 15 is 0 Å². The summed E-state index contributed by atoms with van der Waals surface area (Å²) in [7, 11) is 0. The van der Waals surface area contributed by atoms with Gasteiger partial charge in [0.1, 0.15) is 12.0 Å². The third-order valence-electron chi connectivity index (χ3n) is 2.98. The number of nitrogens with zero attached hydrogens (tertiary/aromatic N) is 1. The Kier molecular flexibility index (Phi) is 3.62. The van der Waals surface area contributed by atoms with Crippen LogP contribution in [0.25, 0.3) is 0 Å². The van der Waals surface area contributed by atoms with Gasteiger partial charge in [-0.3, -0.25) is 4.90 Å². The second-order valence-corrected chi connectivity index (χ2v) is 4.30. The monoisotopic (exact) mass is 223 g/mol. The maximum atomic E-state index is 10.7. The van der Waals surface area contributed by atoms with Gasteiger partial charge in [0.15, 0.2) is 0 Å². The topological polar surface area (TPSA) is 53.7 Å². The van der Waals surface area contributed by atoms with Crippen LogP contribution in [-0.4, -0.2) is 29.1 Å². The highest BCUT2D eigenvalue weighted by molar-refractivity contribution is 5.87. The van der Waals surface area contributed by atoms with Crippen LogP contribution in [0, 0.1) is 0 Å². The number of carboxylic acid groups (broad SMARTS) is 1. The van der Waals surface area contributed by atoms with E-state index in [1.54, 1.807) is 6.07 Å². The molecule has 1 aliphatic rings. The zero-order valence-electron chi connectivity index (χ0n) is 9.32. The molecule has 1 aromatic heterocycles. The normalized spacial score (nSPS) is 18.2. The highest BCUT2D eigenvalue weighted by Gasteiger charge is 2.13. The maximum Gasteiger partial charge on any atom is 0.338 e. The zero-order valence-corrected chi connectivity index (χ0v) is 9.32. The first-order valence-electron chi connectivity index (χ1n) is 5.79. The van der Waals surface area contributed by atoms with Gasteiger partial charge < -0.3 is 9.52 Å². The minimum absolute atomic E-state index is 0.241. The maximum absolute atomic E-state index is 10.7. The number of hydrogen-bond donors (Lipinski definition) is 1. The van der Waals surface area contributed by atoms with E-state index in [-0.39, 0.29) is 5.56 Å². The van der Waals surface area contributed by atoms with Crippen LogP contribution in [0.2, 0.25) is 0 Å². The molecule has 16 heavy (non-hydrogen) atoms. The number of aromatic carboxylic acids is 1. The van der Waals surface area contributed by atoms with Crippen molar-refractivity contribution in [3.8, 4) is 0 Å². The van der Waals surface area contributed by atoms with Crippen molar-refractivity contribution in [1.82, 2.24) is 4.90 Å². The molecular formula is C12H17NO3. The molecule has 88 valence electrons. The van der Waals surface area contributed by atoms with Gasteiger partial charge in [-0.2, -0.15) is 0 Å². The number of likely N-dealkylation sites (tertiary alicyclic amines) is 1. The molecule has 0 radical (unpaired) electrons. The summed E-state index contributed by atoms with van der Waals surface area (Å²) in [5.41, 5.74) is 0.241. The number of hydrogen-bond acceptors (Lipinski definition) is 3. The van der Waals surface area contributed by atoms with Crippen LogP contribution in [0.4, 0.5) is 0 Å². The molecule has 1 saturated heterocycles. The fraction of sp³-hybridized carbons (Fsp3) is 0.583. The van der Waals surface area contributed by atoms with Crippen molar-refractivity contribution in [3.05, 3.63) is 23.7 Å². The molecule has 0 unspecified atom stereocenters. The van der Waals surface area contributed by atoms with Gasteiger partial charge in [0.05, 0.1) is 12.1 Å². The molecule has 0 spiro atoms. The van der Waals surface area contributed by atoms with Crippen molar-refractivity contribution in [2.45, 2.75) is 32.2 Å². The second-order valence-electron chi connectivity index (χ2n) is 4.30. The van der Waals surface area contributed by atoms with Gasteiger partial charge in [-0.05, 0) is 32.0 Å². The average Bonchev–Trinajstić information content (AvgIpc) is 2.56. The first-order chi connectivity index (χ1) is 7.75. The van der Waals surface area contributed by atoms with Crippen molar-refractivity contribution >= 4 is 5.97 Å². The molecule has 0 bridgehead atoms. The molecule has 0 aromatic carbocycles. The number of carbonyl (C=O) groups is 1. The van der Waals surface area contributed by atoms with Gasteiger partial charge in [-0.15, -0.1) is 0 Å². The molecule has 0 atom stereocenters. The van der Waals surface area contributed by atoms with Crippen molar-refractivity contribution < 1.29 is 14.3 Å². The lowest BCUT2D eigenvalue weighted by Crippen LogP contribution is -2.23. The van der Waals surface area contributed by atoms with Crippen molar-refractivity contribution in [2.24, 2.45) is 0 Å². The first-order valence-corrected chi connectivity index (χ1v) is 5.79. The molecule has 1 fully saturated rings. The van der Waals surface area contributed by atoms with E-state index in [4.69, 9.17) is 9.52 Å². The SMILES string of the molecule is O=C(O)c1coc(CN2CCCCCC2)c1. The fourth-order valence-corrected chi connectivity index (χ4v) is 2.09. The van der Waals surface area contributed by atoms with E-state index in [0.717, 1.165) is 25.4 Å². The Hall–Kier alpha value is -1.29. The second kappa shape index (κ2) is 5.16. The minimum atomic E-state index is -0.925. The summed E-state index contributed by atoms with van der Waals surface area (Å²) >= 11 is 0. The van der Waals surface area contributed by atoms with Crippen LogP contribution in [-0.2, 0) is 6.54 Å². The van der Waals surface area contributed by atoms with Gasteiger partial charge >= 0.3 is 5.97 Å². The molecule has 0 amide bonds. The molecule has 1 aliphatic heterocycles. The fourth-order valence-electron chi connectivity index (χ4n) is 2.09. The minimum Gasteiger partial charge on any atom is -0.478 e. The summed E-state index contributed by atoms with van der Waals surface area (Å²) in [5.74, 6) is -0.176. The smallest absolute Gasteiger partial charge is 0.338 e. The van der Waals surface area contributed by atoms with Crippen LogP contribution < -0.4 is 0 Å².